The topological polar surface area (TPSA) is 43.4 Å². The second-order valence-electron chi connectivity index (χ2n) is 4.74. The van der Waals surface area contributed by atoms with Gasteiger partial charge in [0.05, 0.1) is 17.7 Å². The van der Waals surface area contributed by atoms with E-state index >= 15 is 0 Å². The van der Waals surface area contributed by atoms with Crippen molar-refractivity contribution in [3.05, 3.63) is 52.3 Å². The largest absolute Gasteiger partial charge is 0.490 e. The molecular weight excluding hydrogens is 380 g/mol. The standard InChI is InChI=1S/C17H21BrN2O2.ClH/c1-3-21-16-9-14(8-15(18)17(16)22-4-2)12-20-11-13-6-5-7-19-10-13;/h5-10,20H,3-4,11-12H2,1-2H3;1H. The summed E-state index contributed by atoms with van der Waals surface area (Å²) in [5.41, 5.74) is 2.31. The Bertz CT molecular complexity index is 597. The van der Waals surface area contributed by atoms with E-state index in [0.717, 1.165) is 40.2 Å². The lowest BCUT2D eigenvalue weighted by Crippen LogP contribution is -2.13. The lowest BCUT2D eigenvalue weighted by Gasteiger charge is -2.15. The summed E-state index contributed by atoms with van der Waals surface area (Å²) in [5.74, 6) is 1.54. The van der Waals surface area contributed by atoms with Crippen LogP contribution in [0.2, 0.25) is 0 Å². The molecule has 1 heterocycles. The summed E-state index contributed by atoms with van der Waals surface area (Å²) in [6, 6.07) is 8.08. The highest BCUT2D eigenvalue weighted by Crippen LogP contribution is 2.36. The van der Waals surface area contributed by atoms with Gasteiger partial charge in [0.2, 0.25) is 0 Å². The molecule has 1 aromatic carbocycles. The van der Waals surface area contributed by atoms with Gasteiger partial charge < -0.3 is 14.8 Å². The average Bonchev–Trinajstić information content (AvgIpc) is 2.52. The maximum absolute atomic E-state index is 5.68. The number of nitrogens with zero attached hydrogens (tertiary/aromatic N) is 1. The van der Waals surface area contributed by atoms with Crippen molar-refractivity contribution in [3.8, 4) is 11.5 Å². The fraction of sp³-hybridized carbons (Fsp3) is 0.353. The zero-order valence-electron chi connectivity index (χ0n) is 13.3. The minimum atomic E-state index is 0. The third-order valence-corrected chi connectivity index (χ3v) is 3.63. The number of nitrogens with one attached hydrogen (secondary N) is 1. The molecular formula is C17H22BrClN2O2. The molecule has 2 rings (SSSR count). The zero-order chi connectivity index (χ0) is 15.8. The van der Waals surface area contributed by atoms with Gasteiger partial charge in [-0.05, 0) is 59.1 Å². The lowest BCUT2D eigenvalue weighted by atomic mass is 10.2. The molecule has 6 heteroatoms. The summed E-state index contributed by atoms with van der Waals surface area (Å²) < 4.78 is 12.2. The predicted octanol–water partition coefficient (Wildman–Crippen LogP) is 4.35. The number of hydrogen-bond acceptors (Lipinski definition) is 4. The molecule has 2 aromatic rings. The Morgan fingerprint density at radius 1 is 1.09 bits per heavy atom. The predicted molar refractivity (Wildman–Crippen MR) is 98.5 cm³/mol. The van der Waals surface area contributed by atoms with Crippen LogP contribution in [-0.4, -0.2) is 18.2 Å². The molecule has 0 radical (unpaired) electrons. The van der Waals surface area contributed by atoms with Crippen LogP contribution in [0.5, 0.6) is 11.5 Å². The molecule has 0 fully saturated rings. The highest BCUT2D eigenvalue weighted by atomic mass is 79.9. The van der Waals surface area contributed by atoms with Crippen LogP contribution >= 0.6 is 28.3 Å². The van der Waals surface area contributed by atoms with Crippen LogP contribution in [0, 0.1) is 0 Å². The third-order valence-electron chi connectivity index (χ3n) is 3.04. The molecule has 0 unspecified atom stereocenters. The lowest BCUT2D eigenvalue weighted by molar-refractivity contribution is 0.286. The molecule has 126 valence electrons. The number of halogens is 2. The van der Waals surface area contributed by atoms with Crippen molar-refractivity contribution in [2.24, 2.45) is 0 Å². The summed E-state index contributed by atoms with van der Waals surface area (Å²) in [4.78, 5) is 4.11. The normalized spacial score (nSPS) is 10.0. The van der Waals surface area contributed by atoms with Crippen LogP contribution in [0.3, 0.4) is 0 Å². The van der Waals surface area contributed by atoms with Crippen molar-refractivity contribution >= 4 is 28.3 Å². The van der Waals surface area contributed by atoms with E-state index in [4.69, 9.17) is 9.47 Å². The van der Waals surface area contributed by atoms with Gasteiger partial charge in [-0.15, -0.1) is 12.4 Å². The summed E-state index contributed by atoms with van der Waals surface area (Å²) in [5, 5.41) is 3.41. The first-order valence-corrected chi connectivity index (χ1v) is 8.21. The third kappa shape index (κ3) is 6.01. The van der Waals surface area contributed by atoms with Gasteiger partial charge in [-0.3, -0.25) is 4.98 Å². The number of pyridine rings is 1. The molecule has 23 heavy (non-hydrogen) atoms. The summed E-state index contributed by atoms with van der Waals surface area (Å²) in [7, 11) is 0. The fourth-order valence-corrected chi connectivity index (χ4v) is 2.73. The van der Waals surface area contributed by atoms with Gasteiger partial charge in [0.1, 0.15) is 0 Å². The molecule has 0 aliphatic rings. The summed E-state index contributed by atoms with van der Waals surface area (Å²) in [6.45, 7) is 6.68. The van der Waals surface area contributed by atoms with E-state index in [2.05, 4.69) is 38.4 Å². The molecule has 0 bridgehead atoms. The quantitative estimate of drug-likeness (QED) is 0.714. The minimum absolute atomic E-state index is 0. The Balaban J connectivity index is 0.00000264. The van der Waals surface area contributed by atoms with Gasteiger partial charge >= 0.3 is 0 Å². The van der Waals surface area contributed by atoms with Gasteiger partial charge in [-0.1, -0.05) is 6.07 Å². The fourth-order valence-electron chi connectivity index (χ4n) is 2.12. The Kier molecular flexibility index (Phi) is 8.99. The Hall–Kier alpha value is -1.30. The zero-order valence-corrected chi connectivity index (χ0v) is 15.7. The SMILES string of the molecule is CCOc1cc(CNCc2cccnc2)cc(Br)c1OCC.Cl. The van der Waals surface area contributed by atoms with Crippen molar-refractivity contribution in [1.29, 1.82) is 0 Å². The number of hydrogen-bond donors (Lipinski definition) is 1. The monoisotopic (exact) mass is 400 g/mol. The molecule has 0 atom stereocenters. The smallest absolute Gasteiger partial charge is 0.175 e. The number of benzene rings is 1. The molecule has 0 amide bonds. The van der Waals surface area contributed by atoms with E-state index in [1.54, 1.807) is 6.20 Å². The first kappa shape index (κ1) is 19.7. The minimum Gasteiger partial charge on any atom is -0.490 e. The summed E-state index contributed by atoms with van der Waals surface area (Å²) >= 11 is 3.56. The maximum atomic E-state index is 5.68. The molecule has 0 aliphatic heterocycles. The van der Waals surface area contributed by atoms with Crippen molar-refractivity contribution in [2.45, 2.75) is 26.9 Å². The first-order chi connectivity index (χ1) is 10.7. The van der Waals surface area contributed by atoms with E-state index in [0.29, 0.717) is 13.2 Å². The van der Waals surface area contributed by atoms with E-state index < -0.39 is 0 Å². The van der Waals surface area contributed by atoms with Gasteiger partial charge in [0, 0.05) is 25.5 Å². The highest BCUT2D eigenvalue weighted by molar-refractivity contribution is 9.10. The van der Waals surface area contributed by atoms with Crippen molar-refractivity contribution in [3.63, 3.8) is 0 Å². The van der Waals surface area contributed by atoms with Crippen molar-refractivity contribution in [2.75, 3.05) is 13.2 Å². The molecule has 0 aliphatic carbocycles. The van der Waals surface area contributed by atoms with Gasteiger partial charge in [0.15, 0.2) is 11.5 Å². The molecule has 0 spiro atoms. The van der Waals surface area contributed by atoms with Gasteiger partial charge in [-0.2, -0.15) is 0 Å². The molecule has 4 nitrogen and oxygen atoms in total. The Morgan fingerprint density at radius 3 is 2.48 bits per heavy atom. The molecule has 0 saturated carbocycles. The van der Waals surface area contributed by atoms with Crippen LogP contribution in [0.25, 0.3) is 0 Å². The van der Waals surface area contributed by atoms with E-state index in [-0.39, 0.29) is 12.4 Å². The Labute approximate surface area is 152 Å². The van der Waals surface area contributed by atoms with Crippen molar-refractivity contribution < 1.29 is 9.47 Å². The van der Waals surface area contributed by atoms with Crippen LogP contribution in [0.4, 0.5) is 0 Å². The van der Waals surface area contributed by atoms with Crippen LogP contribution in [-0.2, 0) is 13.1 Å². The average molecular weight is 402 g/mol. The molecule has 0 saturated heterocycles. The Morgan fingerprint density at radius 2 is 1.83 bits per heavy atom. The van der Waals surface area contributed by atoms with Crippen LogP contribution in [0.15, 0.2) is 41.1 Å². The van der Waals surface area contributed by atoms with Crippen LogP contribution in [0.1, 0.15) is 25.0 Å². The van der Waals surface area contributed by atoms with Crippen molar-refractivity contribution in [1.82, 2.24) is 10.3 Å². The number of aromatic nitrogens is 1. The van der Waals surface area contributed by atoms with Gasteiger partial charge in [0.25, 0.3) is 0 Å². The highest BCUT2D eigenvalue weighted by Gasteiger charge is 2.11. The second-order valence-corrected chi connectivity index (χ2v) is 5.59. The summed E-state index contributed by atoms with van der Waals surface area (Å²) in [6.07, 6.45) is 3.65. The van der Waals surface area contributed by atoms with E-state index in [9.17, 15) is 0 Å². The second kappa shape index (κ2) is 10.5. The molecule has 1 aromatic heterocycles. The maximum Gasteiger partial charge on any atom is 0.175 e. The van der Waals surface area contributed by atoms with Crippen LogP contribution < -0.4 is 14.8 Å². The first-order valence-electron chi connectivity index (χ1n) is 7.42. The number of rotatable bonds is 8. The number of ether oxygens (including phenoxy) is 2. The van der Waals surface area contributed by atoms with Gasteiger partial charge in [-0.25, -0.2) is 0 Å². The van der Waals surface area contributed by atoms with E-state index in [1.165, 1.54) is 0 Å². The molecule has 1 N–H and O–H groups in total. The van der Waals surface area contributed by atoms with E-state index in [1.807, 2.05) is 32.2 Å².